The fourth-order valence-corrected chi connectivity index (χ4v) is 3.70. The fraction of sp³-hybridized carbons (Fsp3) is 0.188. The van der Waals surface area contributed by atoms with Crippen LogP contribution in [0.15, 0.2) is 58.3 Å². The Kier molecular flexibility index (Phi) is 6.10. The van der Waals surface area contributed by atoms with Gasteiger partial charge in [0.2, 0.25) is 5.91 Å². The lowest BCUT2D eigenvalue weighted by molar-refractivity contribution is -0.115. The summed E-state index contributed by atoms with van der Waals surface area (Å²) in [7, 11) is -3.29. The monoisotopic (exact) mass is 369 g/mol. The number of anilines is 1. The standard InChI is InChI=1S/C16H16ClNO3S2/c1-23(20,21)13-6-4-5-12(11-13)18-16(19)9-10-22-15-8-3-2-7-14(15)17/h2-8,11H,9-10H2,1H3,(H,18,19). The van der Waals surface area contributed by atoms with E-state index >= 15 is 0 Å². The van der Waals surface area contributed by atoms with Gasteiger partial charge in [0.15, 0.2) is 9.84 Å². The van der Waals surface area contributed by atoms with E-state index in [9.17, 15) is 13.2 Å². The van der Waals surface area contributed by atoms with E-state index in [0.717, 1.165) is 11.2 Å². The van der Waals surface area contributed by atoms with E-state index in [1.165, 1.54) is 23.9 Å². The Morgan fingerprint density at radius 1 is 1.17 bits per heavy atom. The molecule has 0 fully saturated rings. The molecule has 2 rings (SSSR count). The SMILES string of the molecule is CS(=O)(=O)c1cccc(NC(=O)CCSc2ccccc2Cl)c1. The van der Waals surface area contributed by atoms with Crippen LogP contribution in [0.2, 0.25) is 5.02 Å². The minimum Gasteiger partial charge on any atom is -0.326 e. The van der Waals surface area contributed by atoms with Crippen molar-refractivity contribution in [2.24, 2.45) is 0 Å². The van der Waals surface area contributed by atoms with Crippen LogP contribution in [-0.4, -0.2) is 26.3 Å². The highest BCUT2D eigenvalue weighted by atomic mass is 35.5. The van der Waals surface area contributed by atoms with Crippen molar-refractivity contribution in [3.05, 3.63) is 53.6 Å². The Bertz CT molecular complexity index is 806. The molecule has 1 amide bonds. The molecule has 0 spiro atoms. The zero-order valence-corrected chi connectivity index (χ0v) is 14.8. The maximum Gasteiger partial charge on any atom is 0.225 e. The molecule has 0 atom stereocenters. The van der Waals surface area contributed by atoms with Crippen molar-refractivity contribution in [2.45, 2.75) is 16.2 Å². The van der Waals surface area contributed by atoms with Crippen LogP contribution < -0.4 is 5.32 Å². The molecular weight excluding hydrogens is 354 g/mol. The van der Waals surface area contributed by atoms with Gasteiger partial charge in [0.05, 0.1) is 9.92 Å². The second-order valence-electron chi connectivity index (χ2n) is 4.88. The van der Waals surface area contributed by atoms with E-state index in [0.29, 0.717) is 22.9 Å². The zero-order chi connectivity index (χ0) is 16.9. The molecule has 0 radical (unpaired) electrons. The number of hydrogen-bond donors (Lipinski definition) is 1. The minimum absolute atomic E-state index is 0.171. The molecule has 7 heteroatoms. The number of sulfone groups is 1. The van der Waals surface area contributed by atoms with Gasteiger partial charge in [0, 0.05) is 29.0 Å². The molecule has 0 saturated heterocycles. The van der Waals surface area contributed by atoms with Gasteiger partial charge in [-0.15, -0.1) is 11.8 Å². The Labute approximate surface area is 145 Å². The smallest absolute Gasteiger partial charge is 0.225 e. The Morgan fingerprint density at radius 3 is 2.61 bits per heavy atom. The molecule has 0 aromatic heterocycles. The number of amides is 1. The summed E-state index contributed by atoms with van der Waals surface area (Å²) in [4.78, 5) is 13.1. The van der Waals surface area contributed by atoms with Crippen molar-refractivity contribution in [2.75, 3.05) is 17.3 Å². The molecule has 0 saturated carbocycles. The van der Waals surface area contributed by atoms with E-state index in [2.05, 4.69) is 5.32 Å². The van der Waals surface area contributed by atoms with Crippen LogP contribution >= 0.6 is 23.4 Å². The van der Waals surface area contributed by atoms with Crippen molar-refractivity contribution in [1.29, 1.82) is 0 Å². The van der Waals surface area contributed by atoms with Crippen LogP contribution in [0.25, 0.3) is 0 Å². The number of benzene rings is 2. The summed E-state index contributed by atoms with van der Waals surface area (Å²) in [5.41, 5.74) is 0.473. The first-order chi connectivity index (χ1) is 10.9. The molecule has 0 aliphatic carbocycles. The number of halogens is 1. The van der Waals surface area contributed by atoms with Crippen LogP contribution in [0.3, 0.4) is 0 Å². The Balaban J connectivity index is 1.89. The van der Waals surface area contributed by atoms with Gasteiger partial charge in [-0.3, -0.25) is 4.79 Å². The van der Waals surface area contributed by atoms with E-state index in [-0.39, 0.29) is 10.8 Å². The van der Waals surface area contributed by atoms with Crippen LogP contribution in [0.4, 0.5) is 5.69 Å². The second-order valence-corrected chi connectivity index (χ2v) is 8.44. The number of rotatable bonds is 6. The molecule has 0 unspecified atom stereocenters. The largest absolute Gasteiger partial charge is 0.326 e. The first-order valence-electron chi connectivity index (χ1n) is 6.83. The van der Waals surface area contributed by atoms with Crippen molar-refractivity contribution < 1.29 is 13.2 Å². The molecule has 0 bridgehead atoms. The van der Waals surface area contributed by atoms with E-state index in [4.69, 9.17) is 11.6 Å². The highest BCUT2D eigenvalue weighted by Gasteiger charge is 2.09. The van der Waals surface area contributed by atoms with Gasteiger partial charge in [-0.2, -0.15) is 0 Å². The van der Waals surface area contributed by atoms with E-state index in [1.54, 1.807) is 18.2 Å². The van der Waals surface area contributed by atoms with Crippen LogP contribution in [-0.2, 0) is 14.6 Å². The van der Waals surface area contributed by atoms with Crippen LogP contribution in [0.5, 0.6) is 0 Å². The number of nitrogens with one attached hydrogen (secondary N) is 1. The summed E-state index contributed by atoms with van der Waals surface area (Å²) < 4.78 is 23.0. The average Bonchev–Trinajstić information content (AvgIpc) is 2.48. The molecule has 2 aromatic rings. The quantitative estimate of drug-likeness (QED) is 0.785. The van der Waals surface area contributed by atoms with Gasteiger partial charge in [-0.1, -0.05) is 29.8 Å². The van der Waals surface area contributed by atoms with Crippen molar-refractivity contribution in [3.8, 4) is 0 Å². The second kappa shape index (κ2) is 7.86. The first-order valence-corrected chi connectivity index (χ1v) is 10.1. The van der Waals surface area contributed by atoms with Gasteiger partial charge in [-0.05, 0) is 30.3 Å². The van der Waals surface area contributed by atoms with E-state index < -0.39 is 9.84 Å². The molecule has 122 valence electrons. The van der Waals surface area contributed by atoms with Gasteiger partial charge >= 0.3 is 0 Å². The number of hydrogen-bond acceptors (Lipinski definition) is 4. The highest BCUT2D eigenvalue weighted by Crippen LogP contribution is 2.27. The summed E-state index contributed by atoms with van der Waals surface area (Å²) in [5, 5.41) is 3.37. The van der Waals surface area contributed by atoms with Gasteiger partial charge in [0.25, 0.3) is 0 Å². The lowest BCUT2D eigenvalue weighted by Crippen LogP contribution is -2.12. The van der Waals surface area contributed by atoms with Gasteiger partial charge in [0.1, 0.15) is 0 Å². The molecule has 0 aliphatic rings. The summed E-state index contributed by atoms with van der Waals surface area (Å²) in [6.45, 7) is 0. The number of carbonyl (C=O) groups is 1. The van der Waals surface area contributed by atoms with Crippen molar-refractivity contribution in [3.63, 3.8) is 0 Å². The summed E-state index contributed by atoms with van der Waals surface area (Å²) in [5.74, 6) is 0.414. The lowest BCUT2D eigenvalue weighted by atomic mass is 10.3. The predicted octanol–water partition coefficient (Wildman–Crippen LogP) is 3.86. The summed E-state index contributed by atoms with van der Waals surface area (Å²) in [6, 6.07) is 13.7. The molecule has 0 heterocycles. The molecular formula is C16H16ClNO3S2. The lowest BCUT2D eigenvalue weighted by Gasteiger charge is -2.07. The topological polar surface area (TPSA) is 63.2 Å². The van der Waals surface area contributed by atoms with E-state index in [1.807, 2.05) is 18.2 Å². The summed E-state index contributed by atoms with van der Waals surface area (Å²) >= 11 is 7.56. The fourth-order valence-electron chi connectivity index (χ4n) is 1.84. The maximum absolute atomic E-state index is 11.9. The third-order valence-electron chi connectivity index (χ3n) is 2.97. The maximum atomic E-state index is 11.9. The Morgan fingerprint density at radius 2 is 1.91 bits per heavy atom. The van der Waals surface area contributed by atoms with Crippen LogP contribution in [0.1, 0.15) is 6.42 Å². The third-order valence-corrected chi connectivity index (χ3v) is 5.60. The summed E-state index contributed by atoms with van der Waals surface area (Å²) in [6.07, 6.45) is 1.44. The zero-order valence-electron chi connectivity index (χ0n) is 12.5. The van der Waals surface area contributed by atoms with Crippen molar-refractivity contribution >= 4 is 44.8 Å². The Hall–Kier alpha value is -1.50. The molecule has 4 nitrogen and oxygen atoms in total. The van der Waals surface area contributed by atoms with Crippen molar-refractivity contribution in [1.82, 2.24) is 0 Å². The van der Waals surface area contributed by atoms with Gasteiger partial charge < -0.3 is 5.32 Å². The normalized spacial score (nSPS) is 11.2. The average molecular weight is 370 g/mol. The predicted molar refractivity (Wildman–Crippen MR) is 95.0 cm³/mol. The minimum atomic E-state index is -3.29. The molecule has 1 N–H and O–H groups in total. The molecule has 23 heavy (non-hydrogen) atoms. The number of carbonyl (C=O) groups excluding carboxylic acids is 1. The van der Waals surface area contributed by atoms with Gasteiger partial charge in [-0.25, -0.2) is 8.42 Å². The molecule has 0 aliphatic heterocycles. The molecule has 2 aromatic carbocycles. The highest BCUT2D eigenvalue weighted by molar-refractivity contribution is 7.99. The number of thioether (sulfide) groups is 1. The third kappa shape index (κ3) is 5.57. The van der Waals surface area contributed by atoms with Crippen LogP contribution in [0, 0.1) is 0 Å². The first kappa shape index (κ1) is 17.8.